The van der Waals surface area contributed by atoms with Gasteiger partial charge in [0, 0.05) is 19.5 Å². The van der Waals surface area contributed by atoms with Gasteiger partial charge in [-0.25, -0.2) is 0 Å². The number of piperidine rings is 2. The lowest BCUT2D eigenvalue weighted by atomic mass is 9.78. The van der Waals surface area contributed by atoms with Gasteiger partial charge in [0.2, 0.25) is 5.91 Å². The molecule has 3 heteroatoms. The van der Waals surface area contributed by atoms with E-state index in [1.54, 1.807) is 0 Å². The zero-order valence-corrected chi connectivity index (χ0v) is 15.7. The molecule has 0 aromatic carbocycles. The summed E-state index contributed by atoms with van der Waals surface area (Å²) in [6.45, 7) is 12.6. The van der Waals surface area contributed by atoms with Gasteiger partial charge in [-0.05, 0) is 75.9 Å². The van der Waals surface area contributed by atoms with Crippen molar-refractivity contribution in [2.75, 3.05) is 32.7 Å². The molecule has 2 heterocycles. The summed E-state index contributed by atoms with van der Waals surface area (Å²) in [7, 11) is 0. The normalized spacial score (nSPS) is 22.0. The number of hydrogen-bond donors (Lipinski definition) is 0. The molecule has 3 nitrogen and oxygen atoms in total. The van der Waals surface area contributed by atoms with Crippen molar-refractivity contribution < 1.29 is 4.79 Å². The Hall–Kier alpha value is -0.570. The van der Waals surface area contributed by atoms with Crippen LogP contribution in [0.2, 0.25) is 0 Å². The third kappa shape index (κ3) is 6.10. The average Bonchev–Trinajstić information content (AvgIpc) is 2.58. The van der Waals surface area contributed by atoms with Crippen LogP contribution in [0.4, 0.5) is 0 Å². The maximum atomic E-state index is 12.2. The second kappa shape index (κ2) is 9.66. The Labute approximate surface area is 143 Å². The van der Waals surface area contributed by atoms with E-state index in [9.17, 15) is 4.79 Å². The fraction of sp³-hybridized carbons (Fsp3) is 0.950. The zero-order chi connectivity index (χ0) is 16.7. The Balaban J connectivity index is 1.66. The molecular weight excluding hydrogens is 284 g/mol. The highest BCUT2D eigenvalue weighted by atomic mass is 16.2. The van der Waals surface area contributed by atoms with Crippen LogP contribution in [0.3, 0.4) is 0 Å². The molecule has 0 saturated carbocycles. The number of rotatable bonds is 7. The van der Waals surface area contributed by atoms with E-state index in [0.717, 1.165) is 37.8 Å². The largest absolute Gasteiger partial charge is 0.343 e. The summed E-state index contributed by atoms with van der Waals surface area (Å²) < 4.78 is 0. The van der Waals surface area contributed by atoms with E-state index < -0.39 is 0 Å². The molecule has 0 aromatic rings. The van der Waals surface area contributed by atoms with Crippen molar-refractivity contribution in [2.24, 2.45) is 17.8 Å². The Morgan fingerprint density at radius 3 is 2.09 bits per heavy atom. The predicted molar refractivity (Wildman–Crippen MR) is 97.4 cm³/mol. The topological polar surface area (TPSA) is 23.6 Å². The van der Waals surface area contributed by atoms with Crippen LogP contribution in [0.1, 0.15) is 72.1 Å². The van der Waals surface area contributed by atoms with Gasteiger partial charge < -0.3 is 9.80 Å². The number of carbonyl (C=O) groups is 1. The molecule has 0 aliphatic carbocycles. The summed E-state index contributed by atoms with van der Waals surface area (Å²) in [6.07, 6.45) is 9.70. The second-order valence-corrected chi connectivity index (χ2v) is 8.18. The van der Waals surface area contributed by atoms with E-state index in [0.29, 0.717) is 11.8 Å². The van der Waals surface area contributed by atoms with Crippen LogP contribution in [0.15, 0.2) is 0 Å². The molecule has 0 N–H and O–H groups in total. The standard InChI is InChI=1S/C20H38N2O/c1-4-5-12-21-13-8-18(9-14-21)19-10-15-22(16-11-19)20(23)7-6-17(2)3/h17-19H,4-16H2,1-3H3. The maximum absolute atomic E-state index is 12.2. The summed E-state index contributed by atoms with van der Waals surface area (Å²) in [5.41, 5.74) is 0. The van der Waals surface area contributed by atoms with E-state index >= 15 is 0 Å². The first-order valence-electron chi connectivity index (χ1n) is 10.1. The Kier molecular flexibility index (Phi) is 7.88. The van der Waals surface area contributed by atoms with Gasteiger partial charge in [-0.1, -0.05) is 27.2 Å². The van der Waals surface area contributed by atoms with Crippen molar-refractivity contribution >= 4 is 5.91 Å². The highest BCUT2D eigenvalue weighted by Gasteiger charge is 2.30. The zero-order valence-electron chi connectivity index (χ0n) is 15.7. The van der Waals surface area contributed by atoms with Crippen LogP contribution in [0.25, 0.3) is 0 Å². The van der Waals surface area contributed by atoms with Crippen molar-refractivity contribution in [1.29, 1.82) is 0 Å². The fourth-order valence-corrected chi connectivity index (χ4v) is 4.22. The van der Waals surface area contributed by atoms with Gasteiger partial charge in [0.25, 0.3) is 0 Å². The molecule has 0 unspecified atom stereocenters. The molecule has 0 bridgehead atoms. The summed E-state index contributed by atoms with van der Waals surface area (Å²) in [5, 5.41) is 0. The molecule has 0 atom stereocenters. The van der Waals surface area contributed by atoms with Crippen molar-refractivity contribution in [1.82, 2.24) is 9.80 Å². The third-order valence-corrected chi connectivity index (χ3v) is 5.95. The molecule has 2 rings (SSSR count). The summed E-state index contributed by atoms with van der Waals surface area (Å²) in [4.78, 5) is 17.0. The monoisotopic (exact) mass is 322 g/mol. The number of unbranched alkanes of at least 4 members (excludes halogenated alkanes) is 1. The summed E-state index contributed by atoms with van der Waals surface area (Å²) in [6, 6.07) is 0. The Morgan fingerprint density at radius 1 is 1.00 bits per heavy atom. The SMILES string of the molecule is CCCCN1CCC(C2CCN(C(=O)CCC(C)C)CC2)CC1. The summed E-state index contributed by atoms with van der Waals surface area (Å²) in [5.74, 6) is 2.82. The minimum atomic E-state index is 0.395. The third-order valence-electron chi connectivity index (χ3n) is 5.95. The van der Waals surface area contributed by atoms with Gasteiger partial charge in [-0.2, -0.15) is 0 Å². The molecule has 2 fully saturated rings. The van der Waals surface area contributed by atoms with Gasteiger partial charge in [-0.15, -0.1) is 0 Å². The van der Waals surface area contributed by atoms with Crippen molar-refractivity contribution in [3.8, 4) is 0 Å². The van der Waals surface area contributed by atoms with E-state index in [2.05, 4.69) is 30.6 Å². The van der Waals surface area contributed by atoms with Crippen LogP contribution in [-0.4, -0.2) is 48.4 Å². The van der Waals surface area contributed by atoms with Crippen molar-refractivity contribution in [3.05, 3.63) is 0 Å². The van der Waals surface area contributed by atoms with E-state index in [4.69, 9.17) is 0 Å². The summed E-state index contributed by atoms with van der Waals surface area (Å²) >= 11 is 0. The lowest BCUT2D eigenvalue weighted by Crippen LogP contribution is -2.42. The predicted octanol–water partition coefficient (Wildman–Crippen LogP) is 4.17. The van der Waals surface area contributed by atoms with Gasteiger partial charge in [0.05, 0.1) is 0 Å². The minimum absolute atomic E-state index is 0.395. The molecular formula is C20H38N2O. The first-order valence-corrected chi connectivity index (χ1v) is 10.1. The smallest absolute Gasteiger partial charge is 0.222 e. The second-order valence-electron chi connectivity index (χ2n) is 8.18. The van der Waals surface area contributed by atoms with Gasteiger partial charge in [-0.3, -0.25) is 4.79 Å². The number of hydrogen-bond acceptors (Lipinski definition) is 2. The van der Waals surface area contributed by atoms with Crippen molar-refractivity contribution in [3.63, 3.8) is 0 Å². The fourth-order valence-electron chi connectivity index (χ4n) is 4.22. The van der Waals surface area contributed by atoms with E-state index in [1.165, 1.54) is 58.2 Å². The lowest BCUT2D eigenvalue weighted by molar-refractivity contribution is -0.133. The van der Waals surface area contributed by atoms with Crippen LogP contribution < -0.4 is 0 Å². The van der Waals surface area contributed by atoms with Crippen LogP contribution >= 0.6 is 0 Å². The highest BCUT2D eigenvalue weighted by molar-refractivity contribution is 5.76. The molecule has 1 amide bonds. The molecule has 0 aromatic heterocycles. The van der Waals surface area contributed by atoms with Crippen LogP contribution in [0.5, 0.6) is 0 Å². The van der Waals surface area contributed by atoms with E-state index in [1.807, 2.05) is 0 Å². The highest BCUT2D eigenvalue weighted by Crippen LogP contribution is 2.32. The number of likely N-dealkylation sites (tertiary alicyclic amines) is 2. The van der Waals surface area contributed by atoms with Crippen LogP contribution in [0, 0.1) is 17.8 Å². The van der Waals surface area contributed by atoms with Crippen LogP contribution in [-0.2, 0) is 4.79 Å². The maximum Gasteiger partial charge on any atom is 0.222 e. The number of nitrogens with zero attached hydrogens (tertiary/aromatic N) is 2. The molecule has 2 saturated heterocycles. The van der Waals surface area contributed by atoms with Gasteiger partial charge in [0.15, 0.2) is 0 Å². The quantitative estimate of drug-likeness (QED) is 0.702. The Morgan fingerprint density at radius 2 is 1.57 bits per heavy atom. The molecule has 2 aliphatic heterocycles. The molecule has 0 spiro atoms. The minimum Gasteiger partial charge on any atom is -0.343 e. The number of amides is 1. The molecule has 134 valence electrons. The van der Waals surface area contributed by atoms with Gasteiger partial charge in [0.1, 0.15) is 0 Å². The molecule has 2 aliphatic rings. The Bertz CT molecular complexity index is 340. The van der Waals surface area contributed by atoms with Gasteiger partial charge >= 0.3 is 0 Å². The molecule has 23 heavy (non-hydrogen) atoms. The first kappa shape index (κ1) is 18.8. The number of carbonyl (C=O) groups excluding carboxylic acids is 1. The van der Waals surface area contributed by atoms with Crippen molar-refractivity contribution in [2.45, 2.75) is 72.1 Å². The first-order chi connectivity index (χ1) is 11.1. The molecule has 0 radical (unpaired) electrons. The van der Waals surface area contributed by atoms with E-state index in [-0.39, 0.29) is 0 Å². The average molecular weight is 323 g/mol. The lowest BCUT2D eigenvalue weighted by Gasteiger charge is -2.40.